The summed E-state index contributed by atoms with van der Waals surface area (Å²) < 4.78 is 8.01. The van der Waals surface area contributed by atoms with Crippen LogP contribution >= 0.6 is 0 Å². The van der Waals surface area contributed by atoms with Crippen molar-refractivity contribution < 1.29 is 14.9 Å². The highest BCUT2D eigenvalue weighted by atomic mass is 16.5. The highest BCUT2D eigenvalue weighted by Gasteiger charge is 2.38. The lowest BCUT2D eigenvalue weighted by Gasteiger charge is -2.15. The van der Waals surface area contributed by atoms with Gasteiger partial charge in [-0.05, 0) is 5.92 Å². The molecule has 2 aromatic heterocycles. The van der Waals surface area contributed by atoms with Gasteiger partial charge in [-0.15, -0.1) is 0 Å². The summed E-state index contributed by atoms with van der Waals surface area (Å²) in [5.74, 6) is -0.0209. The quantitative estimate of drug-likeness (QED) is 0.544. The summed E-state index contributed by atoms with van der Waals surface area (Å²) in [4.78, 5) is 31.6. The third-order valence-electron chi connectivity index (χ3n) is 4.00. The van der Waals surface area contributed by atoms with Gasteiger partial charge in [0.05, 0.1) is 12.7 Å². The molecule has 1 aliphatic heterocycles. The Hall–Kier alpha value is -2.17. The molecular formula is C14H21N5O5. The van der Waals surface area contributed by atoms with E-state index < -0.39 is 29.7 Å². The van der Waals surface area contributed by atoms with E-state index >= 15 is 0 Å². The fourth-order valence-electron chi connectivity index (χ4n) is 3.04. The summed E-state index contributed by atoms with van der Waals surface area (Å²) >= 11 is 0. The molecule has 132 valence electrons. The maximum Gasteiger partial charge on any atom is 0.332 e. The van der Waals surface area contributed by atoms with E-state index in [1.165, 1.54) is 4.57 Å². The highest BCUT2D eigenvalue weighted by Crippen LogP contribution is 2.29. The van der Waals surface area contributed by atoms with Crippen LogP contribution in [0.4, 0.5) is 5.95 Å². The van der Waals surface area contributed by atoms with E-state index in [0.29, 0.717) is 6.54 Å². The topological polar surface area (TPSA) is 148 Å². The van der Waals surface area contributed by atoms with Crippen LogP contribution in [0.15, 0.2) is 9.59 Å². The van der Waals surface area contributed by atoms with E-state index in [1.54, 1.807) is 0 Å². The van der Waals surface area contributed by atoms with Crippen molar-refractivity contribution in [2.24, 2.45) is 5.92 Å². The van der Waals surface area contributed by atoms with Crippen molar-refractivity contribution in [2.75, 3.05) is 12.3 Å². The van der Waals surface area contributed by atoms with E-state index in [-0.39, 0.29) is 36.1 Å². The number of ether oxygens (including phenoxy) is 1. The number of rotatable bonds is 4. The SMILES string of the molecule is CC(C)Cn1c(=O)n([C@@H]2O[C@H](CO)C[C@H]2O)c2nc(N)[nH]c(=O)c21. The molecule has 10 nitrogen and oxygen atoms in total. The number of nitrogens with two attached hydrogens (primary N) is 1. The van der Waals surface area contributed by atoms with E-state index in [1.807, 2.05) is 13.8 Å². The molecule has 3 atom stereocenters. The first kappa shape index (κ1) is 16.7. The molecule has 0 radical (unpaired) electrons. The molecule has 1 saturated heterocycles. The molecule has 24 heavy (non-hydrogen) atoms. The Morgan fingerprint density at radius 2 is 2.17 bits per heavy atom. The zero-order valence-corrected chi connectivity index (χ0v) is 13.5. The number of aliphatic hydroxyl groups is 2. The first-order valence-electron chi connectivity index (χ1n) is 7.78. The van der Waals surface area contributed by atoms with Crippen molar-refractivity contribution >= 4 is 17.1 Å². The summed E-state index contributed by atoms with van der Waals surface area (Å²) in [7, 11) is 0. The number of nitrogens with zero attached hydrogens (tertiary/aromatic N) is 3. The minimum absolute atomic E-state index is 0.0598. The number of anilines is 1. The molecule has 0 unspecified atom stereocenters. The van der Waals surface area contributed by atoms with Crippen LogP contribution < -0.4 is 17.0 Å². The molecule has 3 rings (SSSR count). The zero-order valence-electron chi connectivity index (χ0n) is 13.5. The number of H-pyrrole nitrogens is 1. The van der Waals surface area contributed by atoms with Crippen molar-refractivity contribution in [1.29, 1.82) is 0 Å². The van der Waals surface area contributed by atoms with Gasteiger partial charge in [0.1, 0.15) is 6.10 Å². The molecule has 0 amide bonds. The molecule has 10 heteroatoms. The summed E-state index contributed by atoms with van der Waals surface area (Å²) in [6.07, 6.45) is -2.43. The number of nitrogen functional groups attached to an aromatic ring is 1. The second-order valence-electron chi connectivity index (χ2n) is 6.41. The van der Waals surface area contributed by atoms with Crippen LogP contribution in [0.2, 0.25) is 0 Å². The van der Waals surface area contributed by atoms with Gasteiger partial charge in [-0.1, -0.05) is 13.8 Å². The van der Waals surface area contributed by atoms with Gasteiger partial charge < -0.3 is 20.7 Å². The molecule has 1 fully saturated rings. The van der Waals surface area contributed by atoms with E-state index in [9.17, 15) is 19.8 Å². The molecule has 0 aromatic carbocycles. The largest absolute Gasteiger partial charge is 0.394 e. The van der Waals surface area contributed by atoms with Crippen molar-refractivity contribution in [3.05, 3.63) is 20.8 Å². The van der Waals surface area contributed by atoms with Crippen LogP contribution in [-0.4, -0.2) is 48.1 Å². The zero-order chi connectivity index (χ0) is 17.6. The molecule has 1 aliphatic rings. The summed E-state index contributed by atoms with van der Waals surface area (Å²) in [6.45, 7) is 3.86. The van der Waals surface area contributed by atoms with Crippen molar-refractivity contribution in [1.82, 2.24) is 19.1 Å². The van der Waals surface area contributed by atoms with Crippen molar-refractivity contribution in [3.8, 4) is 0 Å². The van der Waals surface area contributed by atoms with Gasteiger partial charge >= 0.3 is 5.69 Å². The normalized spacial score (nSPS) is 24.3. The minimum atomic E-state index is -1.03. The number of imidazole rings is 1. The van der Waals surface area contributed by atoms with E-state index in [2.05, 4.69) is 9.97 Å². The van der Waals surface area contributed by atoms with Gasteiger partial charge in [-0.3, -0.25) is 14.3 Å². The lowest BCUT2D eigenvalue weighted by molar-refractivity contribution is -0.0506. The number of aliphatic hydroxyl groups excluding tert-OH is 2. The third kappa shape index (κ3) is 2.62. The third-order valence-corrected chi connectivity index (χ3v) is 4.00. The predicted molar refractivity (Wildman–Crippen MR) is 85.5 cm³/mol. The van der Waals surface area contributed by atoms with Gasteiger partial charge in [-0.25, -0.2) is 9.36 Å². The Morgan fingerprint density at radius 3 is 2.75 bits per heavy atom. The number of aromatic nitrogens is 4. The Labute approximate surface area is 136 Å². The van der Waals surface area contributed by atoms with Gasteiger partial charge in [0.2, 0.25) is 5.95 Å². The van der Waals surface area contributed by atoms with Crippen LogP contribution in [-0.2, 0) is 11.3 Å². The van der Waals surface area contributed by atoms with Crippen LogP contribution in [0, 0.1) is 5.92 Å². The standard InChI is InChI=1S/C14H21N5O5/c1-6(2)4-18-9-10(16-13(15)17-11(9)22)19(14(18)23)12-8(21)3-7(5-20)24-12/h6-8,12,20-21H,3-5H2,1-2H3,(H3,15,16,17,22)/t7-,8+,12+/m0/s1. The van der Waals surface area contributed by atoms with Crippen LogP contribution in [0.25, 0.3) is 11.2 Å². The molecule has 0 spiro atoms. The van der Waals surface area contributed by atoms with Crippen molar-refractivity contribution in [2.45, 2.75) is 45.2 Å². The fraction of sp³-hybridized carbons (Fsp3) is 0.643. The number of nitrogens with one attached hydrogen (secondary N) is 1. The van der Waals surface area contributed by atoms with Crippen molar-refractivity contribution in [3.63, 3.8) is 0 Å². The molecule has 0 aliphatic carbocycles. The number of hydrogen-bond donors (Lipinski definition) is 4. The van der Waals surface area contributed by atoms with Gasteiger partial charge in [-0.2, -0.15) is 4.98 Å². The molecular weight excluding hydrogens is 318 g/mol. The Balaban J connectivity index is 2.26. The summed E-state index contributed by atoms with van der Waals surface area (Å²) in [5.41, 5.74) is 4.72. The van der Waals surface area contributed by atoms with E-state index in [4.69, 9.17) is 10.5 Å². The fourth-order valence-corrected chi connectivity index (χ4v) is 3.04. The Kier molecular flexibility index (Phi) is 4.20. The summed E-state index contributed by atoms with van der Waals surface area (Å²) in [6, 6.07) is 0. The number of hydrogen-bond acceptors (Lipinski definition) is 7. The molecule has 3 heterocycles. The highest BCUT2D eigenvalue weighted by molar-refractivity contribution is 5.71. The number of aromatic amines is 1. The molecule has 5 N–H and O–H groups in total. The maximum atomic E-state index is 12.9. The van der Waals surface area contributed by atoms with Gasteiger partial charge in [0.25, 0.3) is 5.56 Å². The predicted octanol–water partition coefficient (Wildman–Crippen LogP) is -1.23. The second kappa shape index (κ2) is 6.04. The monoisotopic (exact) mass is 339 g/mol. The average Bonchev–Trinajstić information content (AvgIpc) is 2.97. The molecule has 0 bridgehead atoms. The second-order valence-corrected chi connectivity index (χ2v) is 6.41. The first-order chi connectivity index (χ1) is 11.3. The van der Waals surface area contributed by atoms with Gasteiger partial charge in [0.15, 0.2) is 17.4 Å². The molecule has 0 saturated carbocycles. The van der Waals surface area contributed by atoms with Gasteiger partial charge in [0, 0.05) is 13.0 Å². The molecule has 2 aromatic rings. The van der Waals surface area contributed by atoms with E-state index in [0.717, 1.165) is 4.57 Å². The number of fused-ring (bicyclic) bond motifs is 1. The average molecular weight is 339 g/mol. The van der Waals surface area contributed by atoms with Crippen LogP contribution in [0.3, 0.4) is 0 Å². The Morgan fingerprint density at radius 1 is 1.46 bits per heavy atom. The smallest absolute Gasteiger partial charge is 0.332 e. The lowest BCUT2D eigenvalue weighted by Crippen LogP contribution is -2.32. The maximum absolute atomic E-state index is 12.9. The summed E-state index contributed by atoms with van der Waals surface area (Å²) in [5, 5.41) is 19.4. The van der Waals surface area contributed by atoms with Crippen LogP contribution in [0.5, 0.6) is 0 Å². The minimum Gasteiger partial charge on any atom is -0.394 e. The lowest BCUT2D eigenvalue weighted by atomic mass is 10.2. The Bertz CT molecular complexity index is 867. The van der Waals surface area contributed by atoms with Crippen LogP contribution in [0.1, 0.15) is 26.5 Å². The first-order valence-corrected chi connectivity index (χ1v) is 7.78.